The van der Waals surface area contributed by atoms with E-state index in [0.717, 1.165) is 77.6 Å². The van der Waals surface area contributed by atoms with Crippen LogP contribution in [0.3, 0.4) is 0 Å². The molecule has 0 N–H and O–H groups in total. The van der Waals surface area contributed by atoms with Gasteiger partial charge in [0.15, 0.2) is 17.5 Å². The first-order valence-corrected chi connectivity index (χ1v) is 19.2. The van der Waals surface area contributed by atoms with Crippen LogP contribution in [0.4, 0.5) is 0 Å². The maximum absolute atomic E-state index is 9.85. The molecule has 0 bridgehead atoms. The van der Waals surface area contributed by atoms with Crippen molar-refractivity contribution >= 4 is 21.9 Å². The van der Waals surface area contributed by atoms with Crippen molar-refractivity contribution < 1.29 is 4.42 Å². The molecule has 10 aromatic rings. The van der Waals surface area contributed by atoms with Gasteiger partial charge in [-0.25, -0.2) is 15.0 Å². The van der Waals surface area contributed by atoms with Crippen molar-refractivity contribution in [1.29, 1.82) is 5.26 Å². The van der Waals surface area contributed by atoms with Gasteiger partial charge in [0.05, 0.1) is 11.6 Å². The van der Waals surface area contributed by atoms with Crippen LogP contribution in [0.15, 0.2) is 192 Å². The van der Waals surface area contributed by atoms with E-state index in [-0.39, 0.29) is 0 Å². The van der Waals surface area contributed by atoms with E-state index in [1.165, 1.54) is 11.1 Å². The highest BCUT2D eigenvalue weighted by Gasteiger charge is 2.18. The molecular formula is C53H34N4O. The lowest BCUT2D eigenvalue weighted by atomic mass is 9.96. The monoisotopic (exact) mass is 742 g/mol. The lowest BCUT2D eigenvalue weighted by molar-refractivity contribution is 0.669. The maximum Gasteiger partial charge on any atom is 0.164 e. The lowest BCUT2D eigenvalue weighted by Crippen LogP contribution is -2.00. The molecule has 2 aromatic heterocycles. The second-order valence-electron chi connectivity index (χ2n) is 14.4. The molecule has 5 heteroatoms. The summed E-state index contributed by atoms with van der Waals surface area (Å²) >= 11 is 0. The van der Waals surface area contributed by atoms with Crippen LogP contribution in [-0.4, -0.2) is 15.0 Å². The maximum atomic E-state index is 9.85. The Hall–Kier alpha value is -7.94. The van der Waals surface area contributed by atoms with Crippen LogP contribution in [0.5, 0.6) is 0 Å². The number of fused-ring (bicyclic) bond motifs is 3. The minimum absolute atomic E-state index is 0.531. The third-order valence-electron chi connectivity index (χ3n) is 10.6. The Morgan fingerprint density at radius 2 is 0.914 bits per heavy atom. The largest absolute Gasteiger partial charge is 0.456 e. The molecule has 0 saturated heterocycles. The van der Waals surface area contributed by atoms with Crippen molar-refractivity contribution in [1.82, 2.24) is 15.0 Å². The van der Waals surface area contributed by atoms with Crippen LogP contribution in [-0.2, 0) is 0 Å². The first kappa shape index (κ1) is 34.5. The zero-order valence-electron chi connectivity index (χ0n) is 31.6. The normalized spacial score (nSPS) is 11.2. The van der Waals surface area contributed by atoms with Crippen LogP contribution >= 0.6 is 0 Å². The Morgan fingerprint density at radius 1 is 0.397 bits per heavy atom. The van der Waals surface area contributed by atoms with Gasteiger partial charge in [-0.2, -0.15) is 5.26 Å². The topological polar surface area (TPSA) is 75.6 Å². The van der Waals surface area contributed by atoms with Gasteiger partial charge < -0.3 is 4.42 Å². The average molecular weight is 743 g/mol. The summed E-state index contributed by atoms with van der Waals surface area (Å²) in [6.07, 6.45) is 0. The van der Waals surface area contributed by atoms with Crippen molar-refractivity contribution in [3.8, 4) is 84.7 Å². The minimum atomic E-state index is 0.531. The third kappa shape index (κ3) is 6.49. The second-order valence-corrected chi connectivity index (χ2v) is 14.4. The van der Waals surface area contributed by atoms with Crippen LogP contribution in [0.1, 0.15) is 11.1 Å². The van der Waals surface area contributed by atoms with E-state index in [1.807, 2.05) is 72.8 Å². The summed E-state index contributed by atoms with van der Waals surface area (Å²) < 4.78 is 6.57. The molecule has 5 nitrogen and oxygen atoms in total. The van der Waals surface area contributed by atoms with Crippen molar-refractivity contribution in [2.75, 3.05) is 0 Å². The fraction of sp³-hybridized carbons (Fsp3) is 0.0189. The number of rotatable bonds is 7. The molecule has 0 fully saturated rings. The van der Waals surface area contributed by atoms with Crippen molar-refractivity contribution in [2.45, 2.75) is 6.92 Å². The zero-order chi connectivity index (χ0) is 39.0. The number of benzene rings is 8. The van der Waals surface area contributed by atoms with Crippen molar-refractivity contribution in [3.63, 3.8) is 0 Å². The molecule has 0 radical (unpaired) electrons. The van der Waals surface area contributed by atoms with Crippen LogP contribution in [0, 0.1) is 18.3 Å². The van der Waals surface area contributed by atoms with Crippen LogP contribution in [0.25, 0.3) is 101 Å². The Balaban J connectivity index is 1.09. The number of hydrogen-bond acceptors (Lipinski definition) is 5. The van der Waals surface area contributed by atoms with Gasteiger partial charge in [-0.05, 0) is 87.8 Å². The third-order valence-corrected chi connectivity index (χ3v) is 10.6. The van der Waals surface area contributed by atoms with Gasteiger partial charge in [-0.15, -0.1) is 0 Å². The molecule has 0 saturated carbocycles. The molecule has 0 amide bonds. The second kappa shape index (κ2) is 14.6. The first-order valence-electron chi connectivity index (χ1n) is 19.2. The predicted octanol–water partition coefficient (Wildman–Crippen LogP) is 13.6. The average Bonchev–Trinajstić information content (AvgIpc) is 3.68. The highest BCUT2D eigenvalue weighted by atomic mass is 16.3. The Labute approximate surface area is 336 Å². The standard InChI is InChI=1S/C53H34N4O/c1-34-11-7-15-38(29-34)36-23-25-37(26-24-36)51-55-52(42-19-9-17-40(31-42)45-20-6-5-14-44(45)33-54)57-53(56-51)43-27-28-47-49(32-43)58-48-22-10-21-46(50(47)48)41-18-8-16-39(30-41)35-12-3-2-4-13-35/h2-32H,1H3. The summed E-state index contributed by atoms with van der Waals surface area (Å²) in [5, 5.41) is 11.9. The highest BCUT2D eigenvalue weighted by molar-refractivity contribution is 6.13. The van der Waals surface area contributed by atoms with E-state index in [0.29, 0.717) is 23.0 Å². The Kier molecular flexibility index (Phi) is 8.70. The fourth-order valence-corrected chi connectivity index (χ4v) is 7.76. The lowest BCUT2D eigenvalue weighted by Gasteiger charge is -2.11. The van der Waals surface area contributed by atoms with Gasteiger partial charge in [-0.3, -0.25) is 0 Å². The summed E-state index contributed by atoms with van der Waals surface area (Å²) in [4.78, 5) is 15.2. The van der Waals surface area contributed by atoms with Crippen molar-refractivity contribution in [3.05, 3.63) is 199 Å². The molecule has 2 heterocycles. The van der Waals surface area contributed by atoms with Gasteiger partial charge in [-0.1, -0.05) is 157 Å². The molecule has 0 aliphatic carbocycles. The van der Waals surface area contributed by atoms with Crippen LogP contribution in [0.2, 0.25) is 0 Å². The quantitative estimate of drug-likeness (QED) is 0.162. The van der Waals surface area contributed by atoms with E-state index in [2.05, 4.69) is 128 Å². The molecule has 0 unspecified atom stereocenters. The molecule has 8 aromatic carbocycles. The van der Waals surface area contributed by atoms with E-state index < -0.39 is 0 Å². The number of nitriles is 1. The minimum Gasteiger partial charge on any atom is -0.456 e. The van der Waals surface area contributed by atoms with Crippen molar-refractivity contribution in [2.24, 2.45) is 0 Å². The molecule has 0 aliphatic rings. The summed E-state index contributed by atoms with van der Waals surface area (Å²) in [5.41, 5.74) is 14.5. The smallest absolute Gasteiger partial charge is 0.164 e. The van der Waals surface area contributed by atoms with Gasteiger partial charge in [0.2, 0.25) is 0 Å². The number of furan rings is 1. The number of nitrogens with zero attached hydrogens (tertiary/aromatic N) is 4. The predicted molar refractivity (Wildman–Crippen MR) is 235 cm³/mol. The van der Waals surface area contributed by atoms with E-state index in [9.17, 15) is 5.26 Å². The molecule has 272 valence electrons. The molecule has 0 spiro atoms. The fourth-order valence-electron chi connectivity index (χ4n) is 7.76. The Bertz CT molecular complexity index is 3190. The van der Waals surface area contributed by atoms with Crippen LogP contribution < -0.4 is 0 Å². The Morgan fingerprint density at radius 3 is 1.67 bits per heavy atom. The van der Waals surface area contributed by atoms with Gasteiger partial charge in [0.25, 0.3) is 0 Å². The van der Waals surface area contributed by atoms with Gasteiger partial charge >= 0.3 is 0 Å². The summed E-state index contributed by atoms with van der Waals surface area (Å²) in [7, 11) is 0. The number of aryl methyl sites for hydroxylation is 1. The van der Waals surface area contributed by atoms with E-state index >= 15 is 0 Å². The molecule has 58 heavy (non-hydrogen) atoms. The zero-order valence-corrected chi connectivity index (χ0v) is 31.6. The molecule has 10 rings (SSSR count). The SMILES string of the molecule is Cc1cccc(-c2ccc(-c3nc(-c4cccc(-c5ccccc5C#N)c4)nc(-c4ccc5c(c4)oc4cccc(-c6cccc(-c7ccccc7)c6)c45)n3)cc2)c1. The molecule has 0 atom stereocenters. The van der Waals surface area contributed by atoms with Gasteiger partial charge in [0, 0.05) is 27.5 Å². The van der Waals surface area contributed by atoms with E-state index in [1.54, 1.807) is 0 Å². The number of hydrogen-bond donors (Lipinski definition) is 0. The molecule has 0 aliphatic heterocycles. The van der Waals surface area contributed by atoms with Gasteiger partial charge in [0.1, 0.15) is 11.2 Å². The first-order chi connectivity index (χ1) is 28.6. The summed E-state index contributed by atoms with van der Waals surface area (Å²) in [6.45, 7) is 2.10. The van der Waals surface area contributed by atoms with E-state index in [4.69, 9.17) is 19.4 Å². The summed E-state index contributed by atoms with van der Waals surface area (Å²) in [5.74, 6) is 1.62. The highest BCUT2D eigenvalue weighted by Crippen LogP contribution is 2.39. The number of aromatic nitrogens is 3. The molecular weight excluding hydrogens is 709 g/mol. The summed E-state index contributed by atoms with van der Waals surface area (Å²) in [6, 6.07) is 66.4.